The van der Waals surface area contributed by atoms with Crippen LogP contribution in [0.2, 0.25) is 0 Å². The van der Waals surface area contributed by atoms with E-state index in [-0.39, 0.29) is 76.9 Å². The van der Waals surface area contributed by atoms with E-state index in [2.05, 4.69) is 0 Å². The molecule has 0 amide bonds. The normalized spacial score (nSPS) is 2.00. The molecule has 0 aromatic heterocycles. The van der Waals surface area contributed by atoms with Crippen molar-refractivity contribution in [3.8, 4) is 0 Å². The SMILES string of the molecule is O.O=C([O-])[O-].[Ni+2].[Ni+2].[Ni+2].[OH-].[OH-].[OH-].[OH-]. The molecule has 0 aromatic carbocycles. The minimum Gasteiger partial charge on any atom is -0.870 e. The summed E-state index contributed by atoms with van der Waals surface area (Å²) in [5.74, 6) is 0. The minimum absolute atomic E-state index is 0. The van der Waals surface area contributed by atoms with Crippen molar-refractivity contribution in [2.75, 3.05) is 0 Å². The molecule has 0 bridgehead atoms. The first-order valence-corrected chi connectivity index (χ1v) is 0.612. The smallest absolute Gasteiger partial charge is 0.870 e. The first-order chi connectivity index (χ1) is 1.73. The van der Waals surface area contributed by atoms with Crippen LogP contribution in [0.1, 0.15) is 0 Å². The van der Waals surface area contributed by atoms with E-state index in [4.69, 9.17) is 15.0 Å². The van der Waals surface area contributed by atoms with Crippen LogP contribution in [0.25, 0.3) is 0 Å². The molecule has 0 atom stereocenters. The molecule has 0 unspecified atom stereocenters. The Morgan fingerprint density at radius 2 is 0.750 bits per heavy atom. The summed E-state index contributed by atoms with van der Waals surface area (Å²) in [7, 11) is 0. The summed E-state index contributed by atoms with van der Waals surface area (Å²) in [6.45, 7) is 0. The van der Waals surface area contributed by atoms with Gasteiger partial charge in [0.1, 0.15) is 0 Å². The van der Waals surface area contributed by atoms with E-state index in [9.17, 15) is 0 Å². The molecular weight excluding hydrogens is 316 g/mol. The fourth-order valence-corrected chi connectivity index (χ4v) is 0. The van der Waals surface area contributed by atoms with Gasteiger partial charge in [-0.3, -0.25) is 0 Å². The van der Waals surface area contributed by atoms with E-state index >= 15 is 0 Å². The molecule has 0 aliphatic rings. The quantitative estimate of drug-likeness (QED) is 0.402. The summed E-state index contributed by atoms with van der Waals surface area (Å²) in [4.78, 5) is 8.33. The van der Waals surface area contributed by atoms with Crippen molar-refractivity contribution in [2.45, 2.75) is 0 Å². The Kier molecular flexibility index (Phi) is 1130. The summed E-state index contributed by atoms with van der Waals surface area (Å²) in [5.41, 5.74) is 0. The van der Waals surface area contributed by atoms with E-state index in [0.29, 0.717) is 0 Å². The fraction of sp³-hybridized carbons (Fsp3) is 0. The molecule has 0 fully saturated rings. The van der Waals surface area contributed by atoms with Crippen molar-refractivity contribution in [1.29, 1.82) is 0 Å². The number of carbonyl (C=O) groups excluding carboxylic acids is 1. The Morgan fingerprint density at radius 3 is 0.750 bits per heavy atom. The molecule has 0 aliphatic carbocycles. The monoisotopic (exact) mass is 320 g/mol. The van der Waals surface area contributed by atoms with Crippen LogP contribution in [0.5, 0.6) is 0 Å². The minimum atomic E-state index is -2.33. The van der Waals surface area contributed by atoms with Gasteiger partial charge in [0.25, 0.3) is 0 Å². The predicted molar refractivity (Wildman–Crippen MR) is 16.8 cm³/mol. The maximum atomic E-state index is 8.33. The molecule has 8 nitrogen and oxygen atoms in total. The van der Waals surface area contributed by atoms with Gasteiger partial charge in [-0.15, -0.1) is 0 Å². The third-order valence-corrected chi connectivity index (χ3v) is 0. The van der Waals surface area contributed by atoms with Crippen LogP contribution in [-0.4, -0.2) is 33.5 Å². The average molecular weight is 322 g/mol. The number of hydrogen-bond donors (Lipinski definition) is 0. The van der Waals surface area contributed by atoms with E-state index < -0.39 is 6.16 Å². The standard InChI is InChI=1S/CH2O3.3Ni.5H2O/c2-1(3)4;;;;;;;;/h(H2,2,3,4);;;;5*1H2/q;3*+2;;;;;/p-6. The Morgan fingerprint density at radius 1 is 0.750 bits per heavy atom. The molecule has 6 N–H and O–H groups in total. The van der Waals surface area contributed by atoms with Gasteiger partial charge in [0.05, 0.1) is 0 Å². The van der Waals surface area contributed by atoms with E-state index in [0.717, 1.165) is 0 Å². The van der Waals surface area contributed by atoms with Gasteiger partial charge in [0, 0.05) is 0 Å². The zero-order chi connectivity index (χ0) is 3.58. The van der Waals surface area contributed by atoms with Gasteiger partial charge in [-0.2, -0.15) is 0 Å². The number of carbonyl (C=O) groups is 1. The van der Waals surface area contributed by atoms with E-state index in [1.54, 1.807) is 0 Å². The largest absolute Gasteiger partial charge is 2.00 e. The molecule has 0 aromatic rings. The van der Waals surface area contributed by atoms with Crippen LogP contribution in [-0.2, 0) is 49.5 Å². The van der Waals surface area contributed by atoms with Crippen molar-refractivity contribution in [2.24, 2.45) is 0 Å². The maximum absolute atomic E-state index is 8.33. The summed E-state index contributed by atoms with van der Waals surface area (Å²) >= 11 is 0. The van der Waals surface area contributed by atoms with Gasteiger partial charge in [0.2, 0.25) is 0 Å². The fourth-order valence-electron chi connectivity index (χ4n) is 0. The molecule has 0 heterocycles. The number of hydrogen-bond acceptors (Lipinski definition) is 7. The van der Waals surface area contributed by atoms with Crippen LogP contribution in [0.4, 0.5) is 4.79 Å². The molecule has 0 saturated heterocycles. The Hall–Kier alpha value is 0.551. The van der Waals surface area contributed by atoms with Crippen molar-refractivity contribution >= 4 is 6.16 Å². The molecule has 0 saturated carbocycles. The molecule has 12 heavy (non-hydrogen) atoms. The first-order valence-electron chi connectivity index (χ1n) is 0.612. The topological polar surface area (TPSA) is 215 Å². The molecule has 0 radical (unpaired) electrons. The predicted octanol–water partition coefficient (Wildman–Crippen LogP) is -3.99. The second kappa shape index (κ2) is 102. The second-order valence-corrected chi connectivity index (χ2v) is 0.250. The summed E-state index contributed by atoms with van der Waals surface area (Å²) < 4.78 is 0. The third kappa shape index (κ3) is 3180. The van der Waals surface area contributed by atoms with Crippen LogP contribution < -0.4 is 10.2 Å². The van der Waals surface area contributed by atoms with Crippen LogP contribution in [0.3, 0.4) is 0 Å². The molecule has 0 rings (SSSR count). The molecule has 0 spiro atoms. The van der Waals surface area contributed by atoms with Gasteiger partial charge in [-0.1, -0.05) is 0 Å². The van der Waals surface area contributed by atoms with Crippen LogP contribution >= 0.6 is 0 Å². The van der Waals surface area contributed by atoms with Gasteiger partial charge in [-0.25, -0.2) is 0 Å². The Bertz CT molecular complexity index is 37.3. The van der Waals surface area contributed by atoms with Gasteiger partial charge >= 0.3 is 49.5 Å². The van der Waals surface area contributed by atoms with E-state index in [1.165, 1.54) is 0 Å². The summed E-state index contributed by atoms with van der Waals surface area (Å²) in [5, 5.41) is 16.7. The first kappa shape index (κ1) is 133. The number of carboxylic acid groups (broad SMARTS) is 2. The second-order valence-electron chi connectivity index (χ2n) is 0.250. The van der Waals surface area contributed by atoms with Crippen molar-refractivity contribution in [3.63, 3.8) is 0 Å². The summed E-state index contributed by atoms with van der Waals surface area (Å²) in [6.07, 6.45) is -2.33. The molecular formula is CH6Ni3O8. The van der Waals surface area contributed by atoms with Gasteiger partial charge in [-0.05, 0) is 6.16 Å². The van der Waals surface area contributed by atoms with Gasteiger partial charge < -0.3 is 42.4 Å². The molecule has 0 aliphatic heterocycles. The number of rotatable bonds is 0. The zero-order valence-electron chi connectivity index (χ0n) is 4.96. The molecule has 11 heteroatoms. The van der Waals surface area contributed by atoms with Crippen LogP contribution in [0, 0.1) is 0 Å². The van der Waals surface area contributed by atoms with E-state index in [1.807, 2.05) is 0 Å². The maximum Gasteiger partial charge on any atom is 2.00 e. The average Bonchev–Trinajstić information content (AvgIpc) is 0.811. The molecule has 88 valence electrons. The van der Waals surface area contributed by atoms with Gasteiger partial charge in [0.15, 0.2) is 0 Å². The van der Waals surface area contributed by atoms with Crippen molar-refractivity contribution in [3.05, 3.63) is 0 Å². The van der Waals surface area contributed by atoms with Crippen molar-refractivity contribution in [1.82, 2.24) is 0 Å². The zero-order valence-corrected chi connectivity index (χ0v) is 7.93. The Labute approximate surface area is 98.0 Å². The third-order valence-electron chi connectivity index (χ3n) is 0. The van der Waals surface area contributed by atoms with Crippen LogP contribution in [0.15, 0.2) is 0 Å². The van der Waals surface area contributed by atoms with Crippen molar-refractivity contribution < 1.29 is 91.9 Å². The Balaban J connectivity index is -0.00000000161. The summed E-state index contributed by atoms with van der Waals surface area (Å²) in [6, 6.07) is 0.